The number of nitro groups is 1. The molecule has 0 aliphatic heterocycles. The third-order valence-corrected chi connectivity index (χ3v) is 4.55. The van der Waals surface area contributed by atoms with Gasteiger partial charge in [0.05, 0.1) is 4.92 Å². The lowest BCUT2D eigenvalue weighted by Crippen LogP contribution is -2.74. The van der Waals surface area contributed by atoms with Gasteiger partial charge in [-0.1, -0.05) is 6.07 Å². The fourth-order valence-electron chi connectivity index (χ4n) is 2.38. The van der Waals surface area contributed by atoms with E-state index in [4.69, 9.17) is 0 Å². The van der Waals surface area contributed by atoms with Gasteiger partial charge in [-0.05, 0) is 18.6 Å². The highest BCUT2D eigenvalue weighted by Gasteiger charge is 2.94. The molecule has 21 heteroatoms. The van der Waals surface area contributed by atoms with E-state index in [1.807, 2.05) is 0 Å². The number of alkyl halides is 16. The molecule has 0 bridgehead atoms. The average Bonchev–Trinajstić information content (AvgIpc) is 2.73. The molecule has 0 saturated heterocycles. The molecule has 1 aromatic carbocycles. The summed E-state index contributed by atoms with van der Waals surface area (Å²) in [5, 5.41) is 11.4. The van der Waals surface area contributed by atoms with Gasteiger partial charge in [0.1, 0.15) is 5.69 Å². The third-order valence-electron chi connectivity index (χ3n) is 4.55. The summed E-state index contributed by atoms with van der Waals surface area (Å²) < 4.78 is 213. The highest BCUT2D eigenvalue weighted by Crippen LogP contribution is 2.62. The quantitative estimate of drug-likeness (QED) is 0.194. The van der Waals surface area contributed by atoms with Crippen LogP contribution in [-0.2, 0) is 4.79 Å². The molecule has 0 heterocycles. The number of halogens is 16. The van der Waals surface area contributed by atoms with Gasteiger partial charge in [-0.2, -0.15) is 61.5 Å². The lowest BCUT2D eigenvalue weighted by atomic mass is 9.89. The Bertz CT molecular complexity index is 1060. The Balaban J connectivity index is 3.61. The zero-order valence-electron chi connectivity index (χ0n) is 17.0. The van der Waals surface area contributed by atoms with Gasteiger partial charge in [0.2, 0.25) is 0 Å². The van der Waals surface area contributed by atoms with Crippen molar-refractivity contribution in [3.63, 3.8) is 0 Å². The Labute approximate surface area is 192 Å². The average molecular weight is 580 g/mol. The van der Waals surface area contributed by atoms with E-state index in [9.17, 15) is 85.2 Å². The molecule has 1 amide bonds. The van der Waals surface area contributed by atoms with E-state index in [2.05, 4.69) is 0 Å². The Kier molecular flexibility index (Phi) is 7.84. The normalized spacial score (nSPS) is 14.6. The Morgan fingerprint density at radius 3 is 1.59 bits per heavy atom. The number of benzene rings is 1. The van der Waals surface area contributed by atoms with Crippen LogP contribution in [0.5, 0.6) is 0 Å². The second-order valence-electron chi connectivity index (χ2n) is 7.10. The maximum Gasteiger partial charge on any atom is 0.393 e. The van der Waals surface area contributed by atoms with Crippen molar-refractivity contribution >= 4 is 17.3 Å². The highest BCUT2D eigenvalue weighted by atomic mass is 19.4. The maximum atomic E-state index is 13.9. The Morgan fingerprint density at radius 1 is 0.784 bits per heavy atom. The van der Waals surface area contributed by atoms with Gasteiger partial charge in [-0.3, -0.25) is 14.9 Å². The number of nitrogens with one attached hydrogen (secondary N) is 1. The van der Waals surface area contributed by atoms with Crippen LogP contribution in [0.2, 0.25) is 0 Å². The molecule has 0 spiro atoms. The summed E-state index contributed by atoms with van der Waals surface area (Å²) >= 11 is 0. The number of hydrogen-bond acceptors (Lipinski definition) is 3. The maximum absolute atomic E-state index is 13.9. The van der Waals surface area contributed by atoms with Crippen molar-refractivity contribution in [1.82, 2.24) is 0 Å². The van der Waals surface area contributed by atoms with E-state index in [0.717, 1.165) is 13.0 Å². The molecule has 1 aromatic rings. The number of carbonyl (C=O) groups is 1. The molecule has 0 aromatic heterocycles. The molecule has 0 fully saturated rings. The van der Waals surface area contributed by atoms with Crippen molar-refractivity contribution < 1.29 is 80.0 Å². The van der Waals surface area contributed by atoms with Crippen molar-refractivity contribution in [2.45, 2.75) is 54.8 Å². The number of aryl methyl sites for hydroxylation is 1. The number of amides is 1. The molecule has 1 rings (SSSR count). The topological polar surface area (TPSA) is 72.2 Å². The Hall–Kier alpha value is -3.03. The largest absolute Gasteiger partial charge is 0.393 e. The van der Waals surface area contributed by atoms with E-state index in [0.29, 0.717) is 17.4 Å². The van der Waals surface area contributed by atoms with E-state index in [1.165, 1.54) is 0 Å². The summed E-state index contributed by atoms with van der Waals surface area (Å²) in [5.74, 6) is -60.9. The third kappa shape index (κ3) is 4.48. The minimum absolute atomic E-state index is 0.0447. The molecule has 0 saturated carbocycles. The molecule has 0 aliphatic carbocycles. The zero-order valence-corrected chi connectivity index (χ0v) is 17.0. The Morgan fingerprint density at radius 2 is 1.19 bits per heavy atom. The number of carbonyl (C=O) groups excluding carboxylic acids is 1. The van der Waals surface area contributed by atoms with Crippen LogP contribution in [0.4, 0.5) is 81.6 Å². The minimum Gasteiger partial charge on any atom is -0.315 e. The number of nitrogens with zero attached hydrogens (tertiary/aromatic N) is 1. The predicted octanol–water partition coefficient (Wildman–Crippen LogP) is 6.55. The molecule has 37 heavy (non-hydrogen) atoms. The minimum atomic E-state index is -8.66. The second-order valence-corrected chi connectivity index (χ2v) is 7.10. The summed E-state index contributed by atoms with van der Waals surface area (Å²) in [7, 11) is 0. The van der Waals surface area contributed by atoms with Gasteiger partial charge in [-0.15, -0.1) is 0 Å². The van der Waals surface area contributed by atoms with Crippen LogP contribution >= 0.6 is 0 Å². The summed E-state index contributed by atoms with van der Waals surface area (Å²) in [4.78, 5) is 20.9. The molecule has 212 valence electrons. The van der Waals surface area contributed by atoms with Crippen LogP contribution in [-0.4, -0.2) is 58.7 Å². The molecule has 0 unspecified atom stereocenters. The number of rotatable bonds is 10. The van der Waals surface area contributed by atoms with E-state index < -0.39 is 70.1 Å². The van der Waals surface area contributed by atoms with Crippen LogP contribution in [0.15, 0.2) is 18.2 Å². The fourth-order valence-corrected chi connectivity index (χ4v) is 2.38. The van der Waals surface area contributed by atoms with Gasteiger partial charge in [0.25, 0.3) is 5.69 Å². The van der Waals surface area contributed by atoms with Crippen molar-refractivity contribution in [2.75, 3.05) is 5.32 Å². The predicted molar refractivity (Wildman–Crippen MR) is 87.1 cm³/mol. The molecule has 1 N–H and O–H groups in total. The van der Waals surface area contributed by atoms with E-state index >= 15 is 0 Å². The van der Waals surface area contributed by atoms with Gasteiger partial charge in [-0.25, -0.2) is 8.78 Å². The van der Waals surface area contributed by atoms with E-state index in [-0.39, 0.29) is 5.56 Å². The summed E-state index contributed by atoms with van der Waals surface area (Å²) in [6.45, 7) is 1.12. The molecule has 5 nitrogen and oxygen atoms in total. The highest BCUT2D eigenvalue weighted by molar-refractivity contribution is 5.98. The summed E-state index contributed by atoms with van der Waals surface area (Å²) in [6, 6.07) is 1.60. The van der Waals surface area contributed by atoms with Crippen molar-refractivity contribution in [3.8, 4) is 0 Å². The van der Waals surface area contributed by atoms with Crippen molar-refractivity contribution in [1.29, 1.82) is 0 Å². The standard InChI is InChI=1S/C16H8F16N2O3/c1-5-2-3-6(7(4-5)34(36)37)33-9(35)11(21,22)13(25,26)15(29,30)16(31,32)14(27,28)12(23,24)10(19,20)8(17)18/h2-4,8H,1H3,(H,33,35). The first kappa shape index (κ1) is 32.0. The van der Waals surface area contributed by atoms with Crippen LogP contribution in [0.3, 0.4) is 0 Å². The first-order valence-electron chi connectivity index (χ1n) is 8.65. The number of anilines is 1. The van der Waals surface area contributed by atoms with Crippen LogP contribution in [0.1, 0.15) is 5.56 Å². The van der Waals surface area contributed by atoms with Crippen molar-refractivity contribution in [3.05, 3.63) is 33.9 Å². The van der Waals surface area contributed by atoms with Gasteiger partial charge >= 0.3 is 53.8 Å². The summed E-state index contributed by atoms with van der Waals surface area (Å²) in [5.41, 5.74) is -2.87. The lowest BCUT2D eigenvalue weighted by molar-refractivity contribution is -0.443. The van der Waals surface area contributed by atoms with Crippen LogP contribution < -0.4 is 5.32 Å². The summed E-state index contributed by atoms with van der Waals surface area (Å²) in [6.07, 6.45) is -5.98. The smallest absolute Gasteiger partial charge is 0.315 e. The van der Waals surface area contributed by atoms with Crippen LogP contribution in [0.25, 0.3) is 0 Å². The van der Waals surface area contributed by atoms with Gasteiger partial charge in [0, 0.05) is 6.07 Å². The molecule has 0 radical (unpaired) electrons. The first-order valence-corrected chi connectivity index (χ1v) is 8.65. The first-order chi connectivity index (χ1) is 16.2. The SMILES string of the molecule is Cc1ccc(NC(=O)C(F)(F)C(F)(F)C(F)(F)C(F)(F)C(F)(F)C(F)(F)C(F)(F)C(F)F)c([N+](=O)[O-])c1. The van der Waals surface area contributed by atoms with Gasteiger partial charge in [0.15, 0.2) is 0 Å². The van der Waals surface area contributed by atoms with Gasteiger partial charge < -0.3 is 5.32 Å². The van der Waals surface area contributed by atoms with Crippen LogP contribution in [0, 0.1) is 17.0 Å². The van der Waals surface area contributed by atoms with E-state index in [1.54, 1.807) is 0 Å². The lowest BCUT2D eigenvalue weighted by Gasteiger charge is -2.42. The van der Waals surface area contributed by atoms with Crippen molar-refractivity contribution in [2.24, 2.45) is 0 Å². The molecular weight excluding hydrogens is 572 g/mol. The molecule has 0 atom stereocenters. The number of hydrogen-bond donors (Lipinski definition) is 1. The monoisotopic (exact) mass is 580 g/mol. The second kappa shape index (κ2) is 9.07. The fraction of sp³-hybridized carbons (Fsp3) is 0.562. The number of nitro benzene ring substituents is 1. The molecular formula is C16H8F16N2O3. The molecule has 0 aliphatic rings. The zero-order chi connectivity index (χ0) is 29.8.